The molecule has 5 heteroatoms. The zero-order valence-electron chi connectivity index (χ0n) is 11.8. The molecule has 108 valence electrons. The van der Waals surface area contributed by atoms with E-state index < -0.39 is 5.97 Å². The Morgan fingerprint density at radius 2 is 2.20 bits per heavy atom. The molecule has 1 aromatic carbocycles. The minimum absolute atomic E-state index is 0.107. The van der Waals surface area contributed by atoms with Gasteiger partial charge in [0.2, 0.25) is 5.91 Å². The number of carbonyl (C=O) groups is 2. The van der Waals surface area contributed by atoms with E-state index in [1.54, 1.807) is 0 Å². The summed E-state index contributed by atoms with van der Waals surface area (Å²) in [6.07, 6.45) is 0.338. The van der Waals surface area contributed by atoms with Gasteiger partial charge < -0.3 is 15.3 Å². The molecule has 0 saturated heterocycles. The first kappa shape index (κ1) is 14.4. The summed E-state index contributed by atoms with van der Waals surface area (Å²) in [7, 11) is 0. The van der Waals surface area contributed by atoms with E-state index in [0.29, 0.717) is 18.9 Å². The SMILES string of the molecule is CC(C)CN1Cc2cccc(NCC(=O)O)c2CC1=O. The summed E-state index contributed by atoms with van der Waals surface area (Å²) in [5.74, 6) is -0.365. The van der Waals surface area contributed by atoms with Crippen molar-refractivity contribution in [2.75, 3.05) is 18.4 Å². The molecule has 0 bridgehead atoms. The molecule has 1 aliphatic rings. The quantitative estimate of drug-likeness (QED) is 0.859. The summed E-state index contributed by atoms with van der Waals surface area (Å²) in [5.41, 5.74) is 2.78. The van der Waals surface area contributed by atoms with Gasteiger partial charge in [0, 0.05) is 18.8 Å². The minimum Gasteiger partial charge on any atom is -0.480 e. The molecule has 1 aromatic rings. The van der Waals surface area contributed by atoms with E-state index in [-0.39, 0.29) is 12.5 Å². The van der Waals surface area contributed by atoms with Crippen LogP contribution in [0.3, 0.4) is 0 Å². The zero-order valence-corrected chi connectivity index (χ0v) is 11.8. The fraction of sp³-hybridized carbons (Fsp3) is 0.467. The van der Waals surface area contributed by atoms with Crippen molar-refractivity contribution in [2.24, 2.45) is 5.92 Å². The largest absolute Gasteiger partial charge is 0.480 e. The predicted molar refractivity (Wildman–Crippen MR) is 76.5 cm³/mol. The van der Waals surface area contributed by atoms with Gasteiger partial charge in [-0.3, -0.25) is 9.59 Å². The van der Waals surface area contributed by atoms with Crippen LogP contribution in [0.5, 0.6) is 0 Å². The molecule has 20 heavy (non-hydrogen) atoms. The van der Waals surface area contributed by atoms with E-state index in [1.165, 1.54) is 0 Å². The molecule has 0 saturated carbocycles. The number of nitrogens with one attached hydrogen (secondary N) is 1. The minimum atomic E-state index is -0.911. The van der Waals surface area contributed by atoms with Gasteiger partial charge in [-0.15, -0.1) is 0 Å². The zero-order chi connectivity index (χ0) is 14.7. The number of rotatable bonds is 5. The van der Waals surface area contributed by atoms with Crippen LogP contribution in [0.15, 0.2) is 18.2 Å². The molecular formula is C15H20N2O3. The van der Waals surface area contributed by atoms with Gasteiger partial charge in [-0.1, -0.05) is 26.0 Å². The molecule has 0 spiro atoms. The first-order valence-corrected chi connectivity index (χ1v) is 6.81. The Hall–Kier alpha value is -2.04. The van der Waals surface area contributed by atoms with E-state index in [1.807, 2.05) is 23.1 Å². The highest BCUT2D eigenvalue weighted by atomic mass is 16.4. The topological polar surface area (TPSA) is 69.6 Å². The van der Waals surface area contributed by atoms with Gasteiger partial charge in [-0.25, -0.2) is 0 Å². The maximum atomic E-state index is 12.2. The third kappa shape index (κ3) is 3.29. The maximum absolute atomic E-state index is 12.2. The smallest absolute Gasteiger partial charge is 0.322 e. The summed E-state index contributed by atoms with van der Waals surface area (Å²) < 4.78 is 0. The van der Waals surface area contributed by atoms with Gasteiger partial charge in [0.05, 0.1) is 6.42 Å². The molecule has 0 aliphatic carbocycles. The first-order valence-electron chi connectivity index (χ1n) is 6.81. The number of hydrogen-bond donors (Lipinski definition) is 2. The van der Waals surface area contributed by atoms with Gasteiger partial charge in [0.15, 0.2) is 0 Å². The van der Waals surface area contributed by atoms with Gasteiger partial charge in [0.25, 0.3) is 0 Å². The molecule has 0 unspecified atom stereocenters. The van der Waals surface area contributed by atoms with Crippen LogP contribution in [0.4, 0.5) is 5.69 Å². The van der Waals surface area contributed by atoms with Crippen molar-refractivity contribution in [1.82, 2.24) is 4.90 Å². The number of carboxylic acids is 1. The standard InChI is InChI=1S/C15H20N2O3/c1-10(2)8-17-9-11-4-3-5-13(16-7-15(19)20)12(11)6-14(17)18/h3-5,10,16H,6-9H2,1-2H3,(H,19,20). The van der Waals surface area contributed by atoms with Crippen LogP contribution in [0.25, 0.3) is 0 Å². The van der Waals surface area contributed by atoms with Crippen LogP contribution in [-0.2, 0) is 22.6 Å². The van der Waals surface area contributed by atoms with Gasteiger partial charge >= 0.3 is 5.97 Å². The van der Waals surface area contributed by atoms with Crippen molar-refractivity contribution in [3.8, 4) is 0 Å². The molecule has 0 aromatic heterocycles. The Morgan fingerprint density at radius 3 is 2.85 bits per heavy atom. The molecular weight excluding hydrogens is 256 g/mol. The molecule has 0 atom stereocenters. The Labute approximate surface area is 118 Å². The van der Waals surface area contributed by atoms with Gasteiger partial charge in [-0.2, -0.15) is 0 Å². The van der Waals surface area contributed by atoms with E-state index in [9.17, 15) is 9.59 Å². The lowest BCUT2D eigenvalue weighted by Crippen LogP contribution is -2.38. The lowest BCUT2D eigenvalue weighted by Gasteiger charge is -2.31. The Bertz CT molecular complexity index is 526. The Balaban J connectivity index is 2.19. The summed E-state index contributed by atoms with van der Waals surface area (Å²) in [5, 5.41) is 11.6. The van der Waals surface area contributed by atoms with E-state index in [0.717, 1.165) is 23.4 Å². The summed E-state index contributed by atoms with van der Waals surface area (Å²) in [4.78, 5) is 24.7. The van der Waals surface area contributed by atoms with Crippen molar-refractivity contribution in [1.29, 1.82) is 0 Å². The van der Waals surface area contributed by atoms with Crippen LogP contribution in [0.2, 0.25) is 0 Å². The molecule has 1 amide bonds. The van der Waals surface area contributed by atoms with Crippen LogP contribution in [-0.4, -0.2) is 35.0 Å². The van der Waals surface area contributed by atoms with E-state index >= 15 is 0 Å². The summed E-state index contributed by atoms with van der Waals surface area (Å²) in [6, 6.07) is 5.72. The van der Waals surface area contributed by atoms with Crippen molar-refractivity contribution in [2.45, 2.75) is 26.8 Å². The number of nitrogens with zero attached hydrogens (tertiary/aromatic N) is 1. The number of carbonyl (C=O) groups excluding carboxylic acids is 1. The van der Waals surface area contributed by atoms with Gasteiger partial charge in [-0.05, 0) is 23.1 Å². The number of benzene rings is 1. The Morgan fingerprint density at radius 1 is 1.45 bits per heavy atom. The second kappa shape index (κ2) is 5.94. The second-order valence-electron chi connectivity index (χ2n) is 5.54. The lowest BCUT2D eigenvalue weighted by atomic mass is 9.96. The number of carboxylic acid groups (broad SMARTS) is 1. The fourth-order valence-corrected chi connectivity index (χ4v) is 2.49. The van der Waals surface area contributed by atoms with Crippen LogP contribution < -0.4 is 5.32 Å². The molecule has 1 aliphatic heterocycles. The molecule has 2 N–H and O–H groups in total. The number of aliphatic carboxylic acids is 1. The lowest BCUT2D eigenvalue weighted by molar-refractivity contribution is -0.135. The number of anilines is 1. The van der Waals surface area contributed by atoms with Crippen LogP contribution >= 0.6 is 0 Å². The molecule has 5 nitrogen and oxygen atoms in total. The first-order chi connectivity index (χ1) is 9.47. The normalized spacial score (nSPS) is 14.3. The van der Waals surface area contributed by atoms with Crippen molar-refractivity contribution >= 4 is 17.6 Å². The van der Waals surface area contributed by atoms with E-state index in [2.05, 4.69) is 19.2 Å². The monoisotopic (exact) mass is 276 g/mol. The second-order valence-corrected chi connectivity index (χ2v) is 5.54. The molecule has 1 heterocycles. The number of hydrogen-bond acceptors (Lipinski definition) is 3. The number of amides is 1. The highest BCUT2D eigenvalue weighted by molar-refractivity contribution is 5.84. The van der Waals surface area contributed by atoms with Crippen LogP contribution in [0.1, 0.15) is 25.0 Å². The third-order valence-corrected chi connectivity index (χ3v) is 3.33. The molecule has 2 rings (SSSR count). The highest BCUT2D eigenvalue weighted by Gasteiger charge is 2.25. The third-order valence-electron chi connectivity index (χ3n) is 3.33. The average Bonchev–Trinajstić information content (AvgIpc) is 2.36. The fourth-order valence-electron chi connectivity index (χ4n) is 2.49. The van der Waals surface area contributed by atoms with Crippen LogP contribution in [0, 0.1) is 5.92 Å². The molecule has 0 radical (unpaired) electrons. The number of fused-ring (bicyclic) bond motifs is 1. The van der Waals surface area contributed by atoms with Crippen molar-refractivity contribution < 1.29 is 14.7 Å². The van der Waals surface area contributed by atoms with Gasteiger partial charge in [0.1, 0.15) is 6.54 Å². The van der Waals surface area contributed by atoms with Crippen molar-refractivity contribution in [3.63, 3.8) is 0 Å². The summed E-state index contributed by atoms with van der Waals surface area (Å²) in [6.45, 7) is 5.40. The average molecular weight is 276 g/mol. The predicted octanol–water partition coefficient (Wildman–Crippen LogP) is 1.72. The Kier molecular flexibility index (Phi) is 4.27. The maximum Gasteiger partial charge on any atom is 0.322 e. The summed E-state index contributed by atoms with van der Waals surface area (Å²) >= 11 is 0. The van der Waals surface area contributed by atoms with Crippen molar-refractivity contribution in [3.05, 3.63) is 29.3 Å². The highest BCUT2D eigenvalue weighted by Crippen LogP contribution is 2.27. The van der Waals surface area contributed by atoms with E-state index in [4.69, 9.17) is 5.11 Å². The molecule has 0 fully saturated rings.